The molecule has 2 N–H and O–H groups in total. The van der Waals surface area contributed by atoms with Crippen LogP contribution in [0.3, 0.4) is 0 Å². The zero-order valence-corrected chi connectivity index (χ0v) is 31.0. The number of benzene rings is 6. The third-order valence-corrected chi connectivity index (χ3v) is 8.50. The third kappa shape index (κ3) is 9.55. The molecule has 0 aliphatic heterocycles. The van der Waals surface area contributed by atoms with Crippen molar-refractivity contribution in [3.63, 3.8) is 0 Å². The molecule has 2 nitrogen and oxygen atoms in total. The fraction of sp³-hybridized carbons (Fsp3) is 0. The van der Waals surface area contributed by atoms with Crippen molar-refractivity contribution >= 4 is 84.2 Å². The minimum atomic E-state index is 0.405. The van der Waals surface area contributed by atoms with Crippen LogP contribution in [0.2, 0.25) is 20.1 Å². The van der Waals surface area contributed by atoms with Gasteiger partial charge in [0.2, 0.25) is 0 Å². The number of allylic oxidation sites excluding steroid dienone is 2. The molecule has 6 rings (SSSR count). The number of aliphatic imine (C=N–C) groups is 1. The molecule has 6 aromatic rings. The monoisotopic (exact) mass is 828 g/mol. The number of hydrogen-bond donors (Lipinski definition) is 1. The first kappa shape index (κ1) is 36.7. The predicted molar refractivity (Wildman–Crippen MR) is 207 cm³/mol. The van der Waals surface area contributed by atoms with E-state index in [0.717, 1.165) is 50.1 Å². The molecule has 0 fully saturated rings. The molecule has 0 saturated heterocycles. The number of amidine groups is 1. The van der Waals surface area contributed by atoms with Crippen LogP contribution in [0.25, 0.3) is 16.7 Å². The van der Waals surface area contributed by atoms with E-state index >= 15 is 0 Å². The first-order valence-electron chi connectivity index (χ1n) is 14.9. The van der Waals surface area contributed by atoms with Crippen LogP contribution in [0.15, 0.2) is 157 Å². The van der Waals surface area contributed by atoms with Crippen molar-refractivity contribution in [2.75, 3.05) is 0 Å². The van der Waals surface area contributed by atoms with E-state index < -0.39 is 0 Å². The molecular weight excluding hydrogens is 804 g/mol. The van der Waals surface area contributed by atoms with Gasteiger partial charge in [0, 0.05) is 31.2 Å². The van der Waals surface area contributed by atoms with Gasteiger partial charge in [-0.15, -0.1) is 29.3 Å². The molecule has 0 unspecified atom stereocenters. The standard InChI is InChI=1S/C41H27Cl4N2.ClH.Pd/c42-32-18-10-27(11-19-32)26-37(28-12-20-33(43)21-13-28)40(30-16-24-35(45)25-17-30)39(29-14-22-34(44)23-15-29)36-8-4-5-9-38(36)47-41(46)31-6-2-1-3-7-31;;/h1-25H,(H2,46,47);1H;/q-1;;+2/p-1/b40-39-;;. The number of rotatable bonds is 8. The van der Waals surface area contributed by atoms with E-state index in [-0.39, 0.29) is 0 Å². The second-order valence-corrected chi connectivity index (χ2v) is 12.4. The Hall–Kier alpha value is -3.62. The van der Waals surface area contributed by atoms with Crippen LogP contribution in [0.5, 0.6) is 0 Å². The van der Waals surface area contributed by atoms with Gasteiger partial charge < -0.3 is 5.73 Å². The molecule has 0 aromatic heterocycles. The van der Waals surface area contributed by atoms with E-state index in [1.54, 1.807) is 0 Å². The van der Waals surface area contributed by atoms with Crippen molar-refractivity contribution in [2.45, 2.75) is 0 Å². The number of halogens is 5. The Labute approximate surface area is 321 Å². The third-order valence-electron chi connectivity index (χ3n) is 7.50. The van der Waals surface area contributed by atoms with E-state index in [1.807, 2.05) is 146 Å². The van der Waals surface area contributed by atoms with E-state index in [2.05, 4.69) is 39.9 Å². The molecule has 6 aromatic carbocycles. The Balaban J connectivity index is 0.00000230. The molecule has 0 bridgehead atoms. The summed E-state index contributed by atoms with van der Waals surface area (Å²) in [6.07, 6.45) is 3.71. The fourth-order valence-electron chi connectivity index (χ4n) is 5.24. The Bertz CT molecular complexity index is 2090. The molecular formula is C41H27Cl5N2Pd. The molecule has 0 spiro atoms. The van der Waals surface area contributed by atoms with Gasteiger partial charge in [0.15, 0.2) is 0 Å². The van der Waals surface area contributed by atoms with Gasteiger partial charge in [-0.05, 0) is 41.5 Å². The van der Waals surface area contributed by atoms with Gasteiger partial charge in [-0.1, -0.05) is 172 Å². The van der Waals surface area contributed by atoms with Gasteiger partial charge in [-0.25, -0.2) is 4.99 Å². The summed E-state index contributed by atoms with van der Waals surface area (Å²) in [6, 6.07) is 48.6. The van der Waals surface area contributed by atoms with Crippen molar-refractivity contribution in [1.82, 2.24) is 0 Å². The number of nitrogens with two attached hydrogens (primary N) is 1. The molecule has 246 valence electrons. The Morgan fingerprint density at radius 2 is 0.939 bits per heavy atom. The fourth-order valence-corrected chi connectivity index (χ4v) is 5.74. The van der Waals surface area contributed by atoms with Gasteiger partial charge >= 0.3 is 27.7 Å². The van der Waals surface area contributed by atoms with E-state index in [9.17, 15) is 0 Å². The Kier molecular flexibility index (Phi) is 13.4. The van der Waals surface area contributed by atoms with Crippen LogP contribution in [0, 0.1) is 6.08 Å². The second-order valence-electron chi connectivity index (χ2n) is 10.7. The van der Waals surface area contributed by atoms with Crippen molar-refractivity contribution in [3.8, 4) is 0 Å². The molecule has 0 radical (unpaired) electrons. The Morgan fingerprint density at radius 1 is 0.490 bits per heavy atom. The topological polar surface area (TPSA) is 38.4 Å². The van der Waals surface area contributed by atoms with Gasteiger partial charge in [-0.2, -0.15) is 0 Å². The summed E-state index contributed by atoms with van der Waals surface area (Å²) in [6.45, 7) is 0. The van der Waals surface area contributed by atoms with E-state index in [4.69, 9.17) is 57.1 Å². The minimum absolute atomic E-state index is 0.405. The summed E-state index contributed by atoms with van der Waals surface area (Å²) >= 11 is 27.7. The molecule has 8 heteroatoms. The van der Waals surface area contributed by atoms with Crippen LogP contribution >= 0.6 is 55.9 Å². The normalized spacial score (nSPS) is 12.1. The number of para-hydroxylation sites is 1. The van der Waals surface area contributed by atoms with Crippen molar-refractivity contribution in [3.05, 3.63) is 211 Å². The molecule has 0 aliphatic rings. The maximum atomic E-state index is 6.60. The number of hydrogen-bond acceptors (Lipinski definition) is 1. The van der Waals surface area contributed by atoms with Crippen LogP contribution in [0.4, 0.5) is 5.69 Å². The molecule has 0 saturated carbocycles. The van der Waals surface area contributed by atoms with E-state index in [0.29, 0.717) is 31.6 Å². The summed E-state index contributed by atoms with van der Waals surface area (Å²) in [5.74, 6) is 0.405. The first-order valence-corrected chi connectivity index (χ1v) is 18.4. The van der Waals surface area contributed by atoms with Crippen LogP contribution in [-0.2, 0) is 18.2 Å². The zero-order valence-electron chi connectivity index (χ0n) is 25.7. The SMILES string of the molecule is NC(=Nc1ccccc1/C(=C(\C(=[C-]c1ccc(Cl)cc1)c1ccc(Cl)cc1)c1ccc(Cl)cc1)c1ccc(Cl)cc1)c1ccccc1.[Cl][Pd+]. The van der Waals surface area contributed by atoms with Crippen molar-refractivity contribution in [1.29, 1.82) is 0 Å². The molecule has 0 heterocycles. The zero-order chi connectivity index (χ0) is 34.8. The molecule has 0 amide bonds. The van der Waals surface area contributed by atoms with Gasteiger partial charge in [-0.3, -0.25) is 0 Å². The summed E-state index contributed by atoms with van der Waals surface area (Å²) in [5.41, 5.74) is 15.2. The van der Waals surface area contributed by atoms with Gasteiger partial charge in [0.1, 0.15) is 5.84 Å². The predicted octanol–water partition coefficient (Wildman–Crippen LogP) is 12.9. The average Bonchev–Trinajstić information content (AvgIpc) is 3.14. The quantitative estimate of drug-likeness (QED) is 0.0407. The van der Waals surface area contributed by atoms with Crippen molar-refractivity contribution in [2.24, 2.45) is 10.7 Å². The Morgan fingerprint density at radius 3 is 1.49 bits per heavy atom. The van der Waals surface area contributed by atoms with Gasteiger partial charge in [0.25, 0.3) is 0 Å². The van der Waals surface area contributed by atoms with Crippen LogP contribution < -0.4 is 5.73 Å². The summed E-state index contributed by atoms with van der Waals surface area (Å²) in [5, 5.41) is 2.52. The summed E-state index contributed by atoms with van der Waals surface area (Å²) in [4.78, 5) is 4.97. The molecule has 49 heavy (non-hydrogen) atoms. The maximum absolute atomic E-state index is 6.60. The summed E-state index contributed by atoms with van der Waals surface area (Å²) < 4.78 is 0. The van der Waals surface area contributed by atoms with Crippen molar-refractivity contribution < 1.29 is 18.2 Å². The second kappa shape index (κ2) is 17.9. The van der Waals surface area contributed by atoms with Crippen LogP contribution in [0.1, 0.15) is 33.4 Å². The summed E-state index contributed by atoms with van der Waals surface area (Å²) in [7, 11) is 4.49. The van der Waals surface area contributed by atoms with Crippen LogP contribution in [-0.4, -0.2) is 5.84 Å². The van der Waals surface area contributed by atoms with E-state index in [1.165, 1.54) is 0 Å². The molecule has 0 aliphatic carbocycles. The number of nitrogens with zero attached hydrogens (tertiary/aromatic N) is 1. The average molecular weight is 831 g/mol. The molecule has 0 atom stereocenters. The first-order chi connectivity index (χ1) is 23.9. The van der Waals surface area contributed by atoms with Gasteiger partial charge in [0.05, 0.1) is 5.69 Å².